The monoisotopic (exact) mass is 400 g/mol. The van der Waals surface area contributed by atoms with Gasteiger partial charge in [0.2, 0.25) is 5.91 Å². The molecule has 1 aromatic rings. The Kier molecular flexibility index (Phi) is 9.36. The molecule has 160 valence electrons. The third-order valence-electron chi connectivity index (χ3n) is 5.99. The maximum absolute atomic E-state index is 12.3. The summed E-state index contributed by atoms with van der Waals surface area (Å²) in [6.45, 7) is 4.80. The van der Waals surface area contributed by atoms with E-state index >= 15 is 0 Å². The summed E-state index contributed by atoms with van der Waals surface area (Å²) in [5, 5.41) is 2.51. The number of carbonyl (C=O) groups excluding carboxylic acids is 3. The third-order valence-corrected chi connectivity index (χ3v) is 5.99. The first-order valence-electron chi connectivity index (χ1n) is 11.0. The quantitative estimate of drug-likeness (QED) is 0.745. The molecule has 5 nitrogen and oxygen atoms in total. The number of nitrogens with zero attached hydrogens (tertiary/aromatic N) is 1. The smallest absolute Gasteiger partial charge is 0.255 e. The Morgan fingerprint density at radius 1 is 1.21 bits per heavy atom. The van der Waals surface area contributed by atoms with Crippen molar-refractivity contribution in [3.8, 4) is 0 Å². The highest BCUT2D eigenvalue weighted by Gasteiger charge is 2.32. The van der Waals surface area contributed by atoms with E-state index in [1.54, 1.807) is 18.0 Å². The van der Waals surface area contributed by atoms with Gasteiger partial charge in [-0.15, -0.1) is 0 Å². The topological polar surface area (TPSA) is 66.5 Å². The summed E-state index contributed by atoms with van der Waals surface area (Å²) in [6.07, 6.45) is 11.8. The second-order valence-corrected chi connectivity index (χ2v) is 8.46. The largest absolute Gasteiger partial charge is 0.359 e. The fourth-order valence-corrected chi connectivity index (χ4v) is 4.10. The molecule has 1 N–H and O–H groups in total. The molecule has 0 bridgehead atoms. The molecule has 0 aromatic heterocycles. The van der Waals surface area contributed by atoms with Crippen molar-refractivity contribution in [2.75, 3.05) is 7.05 Å². The first-order chi connectivity index (χ1) is 14.0. The molecular weight excluding hydrogens is 364 g/mol. The first-order valence-corrected chi connectivity index (χ1v) is 11.0. The van der Waals surface area contributed by atoms with E-state index in [9.17, 15) is 14.4 Å². The van der Waals surface area contributed by atoms with Gasteiger partial charge in [0.25, 0.3) is 5.91 Å². The summed E-state index contributed by atoms with van der Waals surface area (Å²) < 4.78 is 0. The van der Waals surface area contributed by atoms with Crippen LogP contribution in [0.4, 0.5) is 0 Å². The molecule has 1 fully saturated rings. The van der Waals surface area contributed by atoms with Crippen LogP contribution in [0.1, 0.15) is 86.2 Å². The van der Waals surface area contributed by atoms with Crippen LogP contribution < -0.4 is 5.32 Å². The number of aldehydes is 1. The molecule has 1 aliphatic heterocycles. The molecule has 5 heteroatoms. The van der Waals surface area contributed by atoms with E-state index in [1.807, 2.05) is 19.1 Å². The van der Waals surface area contributed by atoms with Crippen molar-refractivity contribution in [1.82, 2.24) is 10.2 Å². The van der Waals surface area contributed by atoms with E-state index in [-0.39, 0.29) is 18.2 Å². The van der Waals surface area contributed by atoms with Gasteiger partial charge in [0.05, 0.1) is 6.04 Å². The molecule has 0 spiro atoms. The highest BCUT2D eigenvalue weighted by atomic mass is 16.2. The Morgan fingerprint density at radius 3 is 2.48 bits per heavy atom. The predicted molar refractivity (Wildman–Crippen MR) is 116 cm³/mol. The Balaban J connectivity index is 0.000000278. The molecule has 1 atom stereocenters. The molecule has 1 saturated carbocycles. The Bertz CT molecular complexity index is 693. The van der Waals surface area contributed by atoms with Crippen LogP contribution in [0.25, 0.3) is 0 Å². The number of amides is 2. The van der Waals surface area contributed by atoms with Gasteiger partial charge in [-0.05, 0) is 30.9 Å². The van der Waals surface area contributed by atoms with Crippen LogP contribution in [0, 0.1) is 12.8 Å². The van der Waals surface area contributed by atoms with Gasteiger partial charge in [-0.2, -0.15) is 0 Å². The number of hydrogen-bond acceptors (Lipinski definition) is 3. The van der Waals surface area contributed by atoms with E-state index in [2.05, 4.69) is 12.2 Å². The van der Waals surface area contributed by atoms with Crippen LogP contribution in [-0.4, -0.2) is 36.1 Å². The molecule has 2 amide bonds. The summed E-state index contributed by atoms with van der Waals surface area (Å²) in [5.74, 6) is 0.760. The third kappa shape index (κ3) is 6.98. The lowest BCUT2D eigenvalue weighted by Crippen LogP contribution is -2.37. The summed E-state index contributed by atoms with van der Waals surface area (Å²) in [4.78, 5) is 36.3. The molecule has 0 saturated heterocycles. The number of nitrogens with one attached hydrogen (secondary N) is 1. The van der Waals surface area contributed by atoms with Gasteiger partial charge in [0, 0.05) is 25.6 Å². The normalized spacial score (nSPS) is 18.0. The average Bonchev–Trinajstić information content (AvgIpc) is 3.01. The molecule has 3 rings (SSSR count). The standard InChI is InChI=1S/C15H18N2O3.C9H18/c1-10-3-5-13-11(7-10)8-17(15(13)20)12(9-18)4-6-14(19)16-2;1-9-7-5-3-2-4-6-8-9/h3,5,7,9,12H,4,6,8H2,1-2H3,(H,16,19);9H,2-8H2,1H3. The van der Waals surface area contributed by atoms with E-state index in [4.69, 9.17) is 0 Å². The van der Waals surface area contributed by atoms with Crippen molar-refractivity contribution in [2.24, 2.45) is 5.92 Å². The molecule has 0 radical (unpaired) electrons. The molecule has 1 aromatic carbocycles. The summed E-state index contributed by atoms with van der Waals surface area (Å²) in [6, 6.07) is 5.11. The van der Waals surface area contributed by atoms with Gasteiger partial charge in [0.15, 0.2) is 0 Å². The minimum atomic E-state index is -0.549. The van der Waals surface area contributed by atoms with Crippen molar-refractivity contribution < 1.29 is 14.4 Å². The van der Waals surface area contributed by atoms with Gasteiger partial charge in [-0.1, -0.05) is 69.6 Å². The summed E-state index contributed by atoms with van der Waals surface area (Å²) >= 11 is 0. The van der Waals surface area contributed by atoms with E-state index < -0.39 is 6.04 Å². The molecule has 1 aliphatic carbocycles. The fourth-order valence-electron chi connectivity index (χ4n) is 4.10. The minimum Gasteiger partial charge on any atom is -0.359 e. The van der Waals surface area contributed by atoms with Crippen LogP contribution in [0.2, 0.25) is 0 Å². The van der Waals surface area contributed by atoms with Gasteiger partial charge < -0.3 is 15.0 Å². The van der Waals surface area contributed by atoms with Gasteiger partial charge in [-0.25, -0.2) is 0 Å². The maximum Gasteiger partial charge on any atom is 0.255 e. The zero-order valence-electron chi connectivity index (χ0n) is 18.2. The zero-order valence-corrected chi connectivity index (χ0v) is 18.2. The molecule has 2 aliphatic rings. The van der Waals surface area contributed by atoms with E-state index in [1.165, 1.54) is 44.9 Å². The highest BCUT2D eigenvalue weighted by molar-refractivity contribution is 5.99. The van der Waals surface area contributed by atoms with Crippen molar-refractivity contribution in [3.05, 3.63) is 34.9 Å². The second kappa shape index (κ2) is 11.7. The number of rotatable bonds is 5. The van der Waals surface area contributed by atoms with Crippen LogP contribution in [0.5, 0.6) is 0 Å². The Morgan fingerprint density at radius 2 is 1.86 bits per heavy atom. The second-order valence-electron chi connectivity index (χ2n) is 8.46. The average molecular weight is 401 g/mol. The van der Waals surface area contributed by atoms with Crippen molar-refractivity contribution in [2.45, 2.75) is 84.2 Å². The van der Waals surface area contributed by atoms with E-state index in [0.29, 0.717) is 18.5 Å². The molecule has 29 heavy (non-hydrogen) atoms. The lowest BCUT2D eigenvalue weighted by Gasteiger charge is -2.22. The van der Waals surface area contributed by atoms with E-state index in [0.717, 1.165) is 23.3 Å². The lowest BCUT2D eigenvalue weighted by atomic mass is 9.93. The number of aryl methyl sites for hydroxylation is 1. The lowest BCUT2D eigenvalue weighted by molar-refractivity contribution is -0.121. The Hall–Kier alpha value is -2.17. The number of benzene rings is 1. The number of fused-ring (bicyclic) bond motifs is 1. The molecular formula is C24H36N2O3. The highest BCUT2D eigenvalue weighted by Crippen LogP contribution is 2.26. The summed E-state index contributed by atoms with van der Waals surface area (Å²) in [7, 11) is 1.55. The number of hydrogen-bond donors (Lipinski definition) is 1. The maximum atomic E-state index is 12.3. The van der Waals surface area contributed by atoms with Crippen molar-refractivity contribution in [3.63, 3.8) is 0 Å². The predicted octanol–water partition coefficient (Wildman–Crippen LogP) is 4.41. The first kappa shape index (κ1) is 23.1. The minimum absolute atomic E-state index is 0.128. The van der Waals surface area contributed by atoms with Crippen LogP contribution in [0.3, 0.4) is 0 Å². The van der Waals surface area contributed by atoms with Crippen LogP contribution in [-0.2, 0) is 16.1 Å². The molecule has 1 unspecified atom stereocenters. The van der Waals surface area contributed by atoms with Crippen molar-refractivity contribution in [1.29, 1.82) is 0 Å². The SMILES string of the molecule is CC1CCCCCCC1.CNC(=O)CCC(C=O)N1Cc2cc(C)ccc2C1=O. The van der Waals surface area contributed by atoms with Gasteiger partial charge in [0.1, 0.15) is 6.29 Å². The van der Waals surface area contributed by atoms with Gasteiger partial charge in [-0.3, -0.25) is 9.59 Å². The Labute approximate surface area is 175 Å². The van der Waals surface area contributed by atoms with Crippen molar-refractivity contribution >= 4 is 18.1 Å². The molecule has 1 heterocycles. The number of carbonyl (C=O) groups is 3. The fraction of sp³-hybridized carbons (Fsp3) is 0.625. The van der Waals surface area contributed by atoms with Gasteiger partial charge >= 0.3 is 0 Å². The summed E-state index contributed by atoms with van der Waals surface area (Å²) in [5.41, 5.74) is 2.69. The van der Waals surface area contributed by atoms with Crippen LogP contribution in [0.15, 0.2) is 18.2 Å². The van der Waals surface area contributed by atoms with Crippen LogP contribution >= 0.6 is 0 Å². The zero-order chi connectivity index (χ0) is 21.2.